The number of hydrogen-bond acceptors (Lipinski definition) is 2. The second-order valence-electron chi connectivity index (χ2n) is 3.56. The molecule has 2 nitrogen and oxygen atoms in total. The number of carbonyl (C=O) groups is 1. The molecule has 1 aliphatic rings. The molecule has 0 spiro atoms. The Morgan fingerprint density at radius 2 is 2.07 bits per heavy atom. The zero-order valence-corrected chi connectivity index (χ0v) is 7.94. The van der Waals surface area contributed by atoms with Crippen LogP contribution in [0.5, 0.6) is 0 Å². The summed E-state index contributed by atoms with van der Waals surface area (Å²) in [6, 6.07) is 10.5. The molecule has 1 aromatic carbocycles. The number of benzene rings is 1. The number of carbonyl (C=O) groups excluding carboxylic acids is 1. The molecule has 1 aliphatic heterocycles. The van der Waals surface area contributed by atoms with Crippen molar-refractivity contribution < 1.29 is 4.79 Å². The fourth-order valence-corrected chi connectivity index (χ4v) is 1.68. The quantitative estimate of drug-likeness (QED) is 0.763. The van der Waals surface area contributed by atoms with Crippen LogP contribution in [-0.2, 0) is 11.2 Å². The van der Waals surface area contributed by atoms with E-state index >= 15 is 0 Å². The zero-order valence-electron chi connectivity index (χ0n) is 7.94. The highest BCUT2D eigenvalue weighted by Gasteiger charge is 2.14. The second-order valence-corrected chi connectivity index (χ2v) is 3.56. The minimum atomic E-state index is 0.213. The van der Waals surface area contributed by atoms with Crippen LogP contribution in [0.15, 0.2) is 42.6 Å². The largest absolute Gasteiger partial charge is 0.387 e. The van der Waals surface area contributed by atoms with Crippen LogP contribution in [0.25, 0.3) is 0 Å². The fourth-order valence-electron chi connectivity index (χ4n) is 1.68. The molecule has 0 unspecified atom stereocenters. The van der Waals surface area contributed by atoms with Gasteiger partial charge in [-0.3, -0.25) is 4.79 Å². The minimum Gasteiger partial charge on any atom is -0.387 e. The lowest BCUT2D eigenvalue weighted by Crippen LogP contribution is -2.32. The standard InChI is InChI=1S/C12H13NO/c14-12-6-7-13-11(9-12)8-10-4-2-1-3-5-10/h1-7,11,13H,8-9H2/t11-/m0/s1. The third-order valence-electron chi connectivity index (χ3n) is 2.37. The number of hydrogen-bond donors (Lipinski definition) is 1. The van der Waals surface area contributed by atoms with Crippen LogP contribution >= 0.6 is 0 Å². The number of allylic oxidation sites excluding steroid dienone is 1. The normalized spacial score (nSPS) is 20.6. The van der Waals surface area contributed by atoms with Crippen LogP contribution in [0.4, 0.5) is 0 Å². The molecule has 1 heterocycles. The highest BCUT2D eigenvalue weighted by Crippen LogP contribution is 2.08. The van der Waals surface area contributed by atoms with E-state index in [0.29, 0.717) is 6.42 Å². The third kappa shape index (κ3) is 2.22. The molecule has 0 saturated heterocycles. The van der Waals surface area contributed by atoms with E-state index in [9.17, 15) is 4.79 Å². The van der Waals surface area contributed by atoms with E-state index in [1.807, 2.05) is 18.2 Å². The lowest BCUT2D eigenvalue weighted by molar-refractivity contribution is -0.115. The maximum Gasteiger partial charge on any atom is 0.159 e. The lowest BCUT2D eigenvalue weighted by atomic mass is 10.00. The average Bonchev–Trinajstić information content (AvgIpc) is 2.19. The molecule has 2 rings (SSSR count). The van der Waals surface area contributed by atoms with Crippen molar-refractivity contribution in [3.05, 3.63) is 48.2 Å². The van der Waals surface area contributed by atoms with Crippen molar-refractivity contribution in [2.45, 2.75) is 18.9 Å². The molecule has 1 N–H and O–H groups in total. The van der Waals surface area contributed by atoms with Crippen molar-refractivity contribution in [3.63, 3.8) is 0 Å². The molecular formula is C12H13NO. The Hall–Kier alpha value is -1.57. The third-order valence-corrected chi connectivity index (χ3v) is 2.37. The SMILES string of the molecule is O=C1C=CN[C@@H](Cc2ccccc2)C1. The summed E-state index contributed by atoms with van der Waals surface area (Å²) in [6.07, 6.45) is 4.86. The van der Waals surface area contributed by atoms with Gasteiger partial charge in [0.15, 0.2) is 5.78 Å². The van der Waals surface area contributed by atoms with Gasteiger partial charge in [-0.2, -0.15) is 0 Å². The van der Waals surface area contributed by atoms with Gasteiger partial charge in [0.25, 0.3) is 0 Å². The van der Waals surface area contributed by atoms with Crippen molar-refractivity contribution in [1.29, 1.82) is 0 Å². The Labute approximate surface area is 83.6 Å². The topological polar surface area (TPSA) is 29.1 Å². The highest BCUT2D eigenvalue weighted by molar-refractivity contribution is 5.90. The van der Waals surface area contributed by atoms with Crippen LogP contribution in [0, 0.1) is 0 Å². The molecule has 0 fully saturated rings. The molecule has 0 aliphatic carbocycles. The summed E-state index contributed by atoms with van der Waals surface area (Å²) in [5.41, 5.74) is 1.27. The molecule has 1 atom stereocenters. The van der Waals surface area contributed by atoms with Gasteiger partial charge < -0.3 is 5.32 Å². The van der Waals surface area contributed by atoms with Crippen molar-refractivity contribution in [3.8, 4) is 0 Å². The Bertz CT molecular complexity index is 343. The van der Waals surface area contributed by atoms with Gasteiger partial charge in [0.05, 0.1) is 0 Å². The van der Waals surface area contributed by atoms with Gasteiger partial charge in [-0.25, -0.2) is 0 Å². The van der Waals surface area contributed by atoms with E-state index in [1.165, 1.54) is 5.56 Å². The van der Waals surface area contributed by atoms with Gasteiger partial charge in [0, 0.05) is 18.7 Å². The maximum absolute atomic E-state index is 11.1. The highest BCUT2D eigenvalue weighted by atomic mass is 16.1. The number of ketones is 1. The minimum absolute atomic E-state index is 0.213. The van der Waals surface area contributed by atoms with Crippen molar-refractivity contribution >= 4 is 5.78 Å². The Morgan fingerprint density at radius 3 is 2.79 bits per heavy atom. The van der Waals surface area contributed by atoms with Crippen LogP contribution < -0.4 is 5.32 Å². The fraction of sp³-hybridized carbons (Fsp3) is 0.250. The van der Waals surface area contributed by atoms with Crippen LogP contribution in [0.2, 0.25) is 0 Å². The van der Waals surface area contributed by atoms with E-state index in [0.717, 1.165) is 6.42 Å². The molecular weight excluding hydrogens is 174 g/mol. The van der Waals surface area contributed by atoms with Crippen LogP contribution in [0.1, 0.15) is 12.0 Å². The second kappa shape index (κ2) is 4.09. The van der Waals surface area contributed by atoms with E-state index in [2.05, 4.69) is 17.4 Å². The summed E-state index contributed by atoms with van der Waals surface area (Å²) in [5, 5.41) is 3.20. The zero-order chi connectivity index (χ0) is 9.80. The van der Waals surface area contributed by atoms with E-state index in [-0.39, 0.29) is 11.8 Å². The van der Waals surface area contributed by atoms with Crippen molar-refractivity contribution in [2.24, 2.45) is 0 Å². The summed E-state index contributed by atoms with van der Waals surface area (Å²) in [4.78, 5) is 11.1. The van der Waals surface area contributed by atoms with Crippen molar-refractivity contribution in [1.82, 2.24) is 5.32 Å². The van der Waals surface area contributed by atoms with Gasteiger partial charge in [-0.1, -0.05) is 30.3 Å². The predicted octanol–water partition coefficient (Wildman–Crippen LogP) is 1.67. The van der Waals surface area contributed by atoms with Gasteiger partial charge in [0.2, 0.25) is 0 Å². The lowest BCUT2D eigenvalue weighted by Gasteiger charge is -2.19. The first-order valence-electron chi connectivity index (χ1n) is 4.84. The Balaban J connectivity index is 1.99. The maximum atomic E-state index is 11.1. The molecule has 1 aromatic rings. The molecule has 0 aromatic heterocycles. The van der Waals surface area contributed by atoms with Gasteiger partial charge in [-0.05, 0) is 18.1 Å². The predicted molar refractivity (Wildman–Crippen MR) is 55.8 cm³/mol. The Kier molecular flexibility index (Phi) is 2.63. The number of rotatable bonds is 2. The summed E-state index contributed by atoms with van der Waals surface area (Å²) in [5.74, 6) is 0.213. The average molecular weight is 187 g/mol. The van der Waals surface area contributed by atoms with Gasteiger partial charge in [0.1, 0.15) is 0 Å². The van der Waals surface area contributed by atoms with Crippen LogP contribution in [-0.4, -0.2) is 11.8 Å². The molecule has 0 radical (unpaired) electrons. The monoisotopic (exact) mass is 187 g/mol. The molecule has 0 saturated carbocycles. The van der Waals surface area contributed by atoms with Crippen LogP contribution in [0.3, 0.4) is 0 Å². The first-order chi connectivity index (χ1) is 6.84. The summed E-state index contributed by atoms with van der Waals surface area (Å²) >= 11 is 0. The molecule has 0 amide bonds. The van der Waals surface area contributed by atoms with E-state index in [1.54, 1.807) is 12.3 Å². The van der Waals surface area contributed by atoms with E-state index in [4.69, 9.17) is 0 Å². The first-order valence-corrected chi connectivity index (χ1v) is 4.84. The smallest absolute Gasteiger partial charge is 0.159 e. The molecule has 0 bridgehead atoms. The number of nitrogens with one attached hydrogen (secondary N) is 1. The summed E-state index contributed by atoms with van der Waals surface area (Å²) < 4.78 is 0. The molecule has 2 heteroatoms. The first kappa shape index (κ1) is 9.00. The van der Waals surface area contributed by atoms with Gasteiger partial charge in [-0.15, -0.1) is 0 Å². The van der Waals surface area contributed by atoms with Gasteiger partial charge >= 0.3 is 0 Å². The Morgan fingerprint density at radius 1 is 1.29 bits per heavy atom. The molecule has 72 valence electrons. The van der Waals surface area contributed by atoms with E-state index < -0.39 is 0 Å². The molecule has 14 heavy (non-hydrogen) atoms. The summed E-state index contributed by atoms with van der Waals surface area (Å²) in [6.45, 7) is 0. The van der Waals surface area contributed by atoms with Crippen molar-refractivity contribution in [2.75, 3.05) is 0 Å². The summed E-state index contributed by atoms with van der Waals surface area (Å²) in [7, 11) is 0.